The van der Waals surface area contributed by atoms with Crippen LogP contribution >= 0.6 is 0 Å². The normalized spacial score (nSPS) is 13.8. The molecule has 0 rings (SSSR count). The summed E-state index contributed by atoms with van der Waals surface area (Å²) in [6, 6.07) is 0. The molecule has 0 aliphatic rings. The quantitative estimate of drug-likeness (QED) is 0.265. The summed E-state index contributed by atoms with van der Waals surface area (Å²) in [5.41, 5.74) is -1.27. The number of rotatable bonds is 10. The molecule has 0 aromatic heterocycles. The van der Waals surface area contributed by atoms with E-state index in [-0.39, 0.29) is 25.2 Å². The molecule has 5 nitrogen and oxygen atoms in total. The Hall–Kier alpha value is -1.83. The number of ether oxygens (including phenoxy) is 3. The highest BCUT2D eigenvalue weighted by atomic mass is 19.4. The van der Waals surface area contributed by atoms with Crippen molar-refractivity contribution in [1.82, 2.24) is 0 Å². The molecular weight excluding hydrogens is 317 g/mol. The van der Waals surface area contributed by atoms with Gasteiger partial charge in [-0.3, -0.25) is 4.79 Å². The van der Waals surface area contributed by atoms with Crippen LogP contribution < -0.4 is 0 Å². The molecular formula is C15H21F3O5. The van der Waals surface area contributed by atoms with Crippen molar-refractivity contribution in [1.29, 1.82) is 0 Å². The number of hydrogen-bond acceptors (Lipinski definition) is 5. The van der Waals surface area contributed by atoms with Gasteiger partial charge in [-0.25, -0.2) is 4.79 Å². The minimum absolute atomic E-state index is 0.0233. The molecule has 0 saturated carbocycles. The average Bonchev–Trinajstić information content (AvgIpc) is 2.44. The Balaban J connectivity index is 4.53. The van der Waals surface area contributed by atoms with Crippen molar-refractivity contribution in [2.45, 2.75) is 38.5 Å². The Kier molecular flexibility index (Phi) is 8.60. The van der Waals surface area contributed by atoms with Gasteiger partial charge in [0.05, 0.1) is 25.2 Å². The summed E-state index contributed by atoms with van der Waals surface area (Å²) in [7, 11) is 0. The predicted molar refractivity (Wildman–Crippen MR) is 76.6 cm³/mol. The number of carbonyl (C=O) groups is 2. The van der Waals surface area contributed by atoms with E-state index in [4.69, 9.17) is 9.47 Å². The fourth-order valence-corrected chi connectivity index (χ4v) is 1.37. The topological polar surface area (TPSA) is 61.8 Å². The zero-order valence-electron chi connectivity index (χ0n) is 13.2. The molecule has 0 amide bonds. The summed E-state index contributed by atoms with van der Waals surface area (Å²) in [5.74, 6) is -1.89. The summed E-state index contributed by atoms with van der Waals surface area (Å²) in [6.45, 7) is 8.45. The third-order valence-corrected chi connectivity index (χ3v) is 2.80. The van der Waals surface area contributed by atoms with Gasteiger partial charge in [-0.2, -0.15) is 13.2 Å². The minimum Gasteiger partial charge on any atom is -0.456 e. The van der Waals surface area contributed by atoms with Gasteiger partial charge in [-0.15, -0.1) is 6.58 Å². The van der Waals surface area contributed by atoms with Gasteiger partial charge in [-0.1, -0.05) is 19.6 Å². The number of carbonyl (C=O) groups excluding carboxylic acids is 2. The number of esters is 2. The Bertz CT molecular complexity index is 445. The van der Waals surface area contributed by atoms with Crippen molar-refractivity contribution in [2.75, 3.05) is 19.8 Å². The van der Waals surface area contributed by atoms with Crippen LogP contribution in [-0.2, 0) is 23.8 Å². The highest BCUT2D eigenvalue weighted by Crippen LogP contribution is 2.23. The lowest BCUT2D eigenvalue weighted by Gasteiger charge is -2.27. The first-order valence-corrected chi connectivity index (χ1v) is 6.85. The van der Waals surface area contributed by atoms with Gasteiger partial charge >= 0.3 is 18.1 Å². The molecule has 0 aliphatic carbocycles. The summed E-state index contributed by atoms with van der Waals surface area (Å²) < 4.78 is 50.3. The lowest BCUT2D eigenvalue weighted by molar-refractivity contribution is -0.190. The Morgan fingerprint density at radius 2 is 1.87 bits per heavy atom. The number of halogens is 3. The van der Waals surface area contributed by atoms with E-state index in [0.29, 0.717) is 0 Å². The zero-order chi connectivity index (χ0) is 18.1. The second kappa shape index (κ2) is 9.34. The summed E-state index contributed by atoms with van der Waals surface area (Å²) in [5, 5.41) is 0. The van der Waals surface area contributed by atoms with E-state index in [1.807, 2.05) is 0 Å². The maximum Gasteiger partial charge on any atom is 0.422 e. The van der Waals surface area contributed by atoms with Crippen LogP contribution in [0.25, 0.3) is 0 Å². The summed E-state index contributed by atoms with van der Waals surface area (Å²) in [6.07, 6.45) is -3.40. The first-order valence-electron chi connectivity index (χ1n) is 6.85. The van der Waals surface area contributed by atoms with Gasteiger partial charge < -0.3 is 14.2 Å². The molecule has 0 aliphatic heterocycles. The second-order valence-electron chi connectivity index (χ2n) is 5.05. The van der Waals surface area contributed by atoms with Crippen LogP contribution in [0.2, 0.25) is 0 Å². The molecule has 0 spiro atoms. The Labute approximate surface area is 133 Å². The van der Waals surface area contributed by atoms with Crippen LogP contribution in [0.1, 0.15) is 26.7 Å². The maximum absolute atomic E-state index is 12.0. The SMILES string of the molecule is C=CCOCC(=C)C(=O)OC(C)(CC)CC(=O)OCC(F)(F)F. The molecule has 1 atom stereocenters. The summed E-state index contributed by atoms with van der Waals surface area (Å²) >= 11 is 0. The number of alkyl halides is 3. The molecule has 0 N–H and O–H groups in total. The van der Waals surface area contributed by atoms with E-state index in [2.05, 4.69) is 17.9 Å². The largest absolute Gasteiger partial charge is 0.456 e. The van der Waals surface area contributed by atoms with E-state index in [0.717, 1.165) is 0 Å². The lowest BCUT2D eigenvalue weighted by Crippen LogP contribution is -2.36. The van der Waals surface area contributed by atoms with Crippen LogP contribution in [0, 0.1) is 0 Å². The van der Waals surface area contributed by atoms with E-state index >= 15 is 0 Å². The van der Waals surface area contributed by atoms with Crippen LogP contribution in [0.5, 0.6) is 0 Å². The molecule has 0 saturated heterocycles. The van der Waals surface area contributed by atoms with Gasteiger partial charge in [0.25, 0.3) is 0 Å². The van der Waals surface area contributed by atoms with Gasteiger partial charge in [0, 0.05) is 0 Å². The van der Waals surface area contributed by atoms with Crippen LogP contribution in [-0.4, -0.2) is 43.5 Å². The predicted octanol–water partition coefficient (Wildman–Crippen LogP) is 2.95. The standard InChI is InChI=1S/C15H21F3O5/c1-5-7-21-9-11(3)13(20)23-14(4,6-2)8-12(19)22-10-15(16,17)18/h5H,1,3,6-10H2,2,4H3. The number of hydrogen-bond donors (Lipinski definition) is 0. The second-order valence-corrected chi connectivity index (χ2v) is 5.05. The van der Waals surface area contributed by atoms with Crippen molar-refractivity contribution in [3.63, 3.8) is 0 Å². The van der Waals surface area contributed by atoms with E-state index < -0.39 is 36.7 Å². The summed E-state index contributed by atoms with van der Waals surface area (Å²) in [4.78, 5) is 23.3. The Morgan fingerprint density at radius 3 is 2.35 bits per heavy atom. The highest BCUT2D eigenvalue weighted by molar-refractivity contribution is 5.88. The van der Waals surface area contributed by atoms with Gasteiger partial charge in [0.2, 0.25) is 0 Å². The molecule has 0 aromatic carbocycles. The first kappa shape index (κ1) is 21.2. The monoisotopic (exact) mass is 338 g/mol. The molecule has 23 heavy (non-hydrogen) atoms. The average molecular weight is 338 g/mol. The lowest BCUT2D eigenvalue weighted by atomic mass is 9.99. The third kappa shape index (κ3) is 9.72. The third-order valence-electron chi connectivity index (χ3n) is 2.80. The maximum atomic E-state index is 12.0. The smallest absolute Gasteiger partial charge is 0.422 e. The molecule has 0 radical (unpaired) electrons. The van der Waals surface area contributed by atoms with E-state index in [9.17, 15) is 22.8 Å². The first-order chi connectivity index (χ1) is 10.5. The van der Waals surface area contributed by atoms with Gasteiger partial charge in [0.1, 0.15) is 5.60 Å². The van der Waals surface area contributed by atoms with E-state index in [1.54, 1.807) is 6.92 Å². The van der Waals surface area contributed by atoms with Crippen LogP contribution in [0.3, 0.4) is 0 Å². The van der Waals surface area contributed by atoms with Crippen LogP contribution in [0.15, 0.2) is 24.8 Å². The molecule has 132 valence electrons. The minimum atomic E-state index is -4.61. The Morgan fingerprint density at radius 1 is 1.26 bits per heavy atom. The van der Waals surface area contributed by atoms with Crippen molar-refractivity contribution in [3.05, 3.63) is 24.8 Å². The molecule has 0 fully saturated rings. The highest BCUT2D eigenvalue weighted by Gasteiger charge is 2.34. The molecule has 0 bridgehead atoms. The van der Waals surface area contributed by atoms with E-state index in [1.165, 1.54) is 13.0 Å². The van der Waals surface area contributed by atoms with Crippen molar-refractivity contribution < 1.29 is 37.0 Å². The molecule has 0 aromatic rings. The zero-order valence-corrected chi connectivity index (χ0v) is 13.2. The van der Waals surface area contributed by atoms with Crippen molar-refractivity contribution in [2.24, 2.45) is 0 Å². The molecule has 1 unspecified atom stereocenters. The van der Waals surface area contributed by atoms with Crippen molar-refractivity contribution in [3.8, 4) is 0 Å². The fourth-order valence-electron chi connectivity index (χ4n) is 1.37. The van der Waals surface area contributed by atoms with Gasteiger partial charge in [-0.05, 0) is 13.3 Å². The fraction of sp³-hybridized carbons (Fsp3) is 0.600. The van der Waals surface area contributed by atoms with Crippen molar-refractivity contribution >= 4 is 11.9 Å². The molecule has 0 heterocycles. The van der Waals surface area contributed by atoms with Crippen LogP contribution in [0.4, 0.5) is 13.2 Å². The van der Waals surface area contributed by atoms with Gasteiger partial charge in [0.15, 0.2) is 6.61 Å². The molecule has 8 heteroatoms.